The van der Waals surface area contributed by atoms with Crippen molar-refractivity contribution in [3.05, 3.63) is 4.60 Å². The Morgan fingerprint density at radius 1 is 1.58 bits per heavy atom. The molecule has 66 valence electrons. The molecule has 4 nitrogen and oxygen atoms in total. The zero-order valence-corrected chi connectivity index (χ0v) is 9.07. The monoisotopic (exact) mass is 249 g/mol. The van der Waals surface area contributed by atoms with E-state index in [-0.39, 0.29) is 11.8 Å². The van der Waals surface area contributed by atoms with Gasteiger partial charge in [0, 0.05) is 5.92 Å². The normalized spacial score (nSPS) is 10.3. The second kappa shape index (κ2) is 3.95. The fourth-order valence-electron chi connectivity index (χ4n) is 0.513. The number of carbonyl (C=O) groups excluding carboxylic acids is 1. The summed E-state index contributed by atoms with van der Waals surface area (Å²) in [5, 5.41) is 2.64. The number of halogens is 1. The maximum atomic E-state index is 11.2. The van der Waals surface area contributed by atoms with Crippen molar-refractivity contribution < 1.29 is 4.79 Å². The Kier molecular flexibility index (Phi) is 3.16. The molecule has 0 atom stereocenters. The van der Waals surface area contributed by atoms with Crippen molar-refractivity contribution in [1.82, 2.24) is 8.75 Å². The number of hydrogen-bond donors (Lipinski definition) is 1. The van der Waals surface area contributed by atoms with Crippen LogP contribution in [0.3, 0.4) is 0 Å². The molecule has 1 N–H and O–H groups in total. The Morgan fingerprint density at radius 2 is 2.25 bits per heavy atom. The van der Waals surface area contributed by atoms with E-state index in [9.17, 15) is 4.79 Å². The van der Waals surface area contributed by atoms with Crippen LogP contribution in [-0.4, -0.2) is 14.7 Å². The highest BCUT2D eigenvalue weighted by Gasteiger charge is 2.11. The van der Waals surface area contributed by atoms with Gasteiger partial charge in [-0.15, -0.1) is 0 Å². The maximum absolute atomic E-state index is 11.2. The van der Waals surface area contributed by atoms with Crippen molar-refractivity contribution in [3.63, 3.8) is 0 Å². The lowest BCUT2D eigenvalue weighted by molar-refractivity contribution is -0.118. The Balaban J connectivity index is 2.64. The quantitative estimate of drug-likeness (QED) is 0.872. The van der Waals surface area contributed by atoms with Gasteiger partial charge < -0.3 is 5.32 Å². The molecule has 0 radical (unpaired) electrons. The van der Waals surface area contributed by atoms with Gasteiger partial charge in [0.1, 0.15) is 0 Å². The highest BCUT2D eigenvalue weighted by Crippen LogP contribution is 2.18. The lowest BCUT2D eigenvalue weighted by Crippen LogP contribution is -2.18. The van der Waals surface area contributed by atoms with Gasteiger partial charge in [0.25, 0.3) is 0 Å². The summed E-state index contributed by atoms with van der Waals surface area (Å²) in [6, 6.07) is 0. The standard InChI is InChI=1S/C6H8BrN3OS/c1-3(2)6(11)8-5-4(7)9-12-10-5/h3H,1-2H3,(H,8,10,11). The van der Waals surface area contributed by atoms with E-state index in [1.54, 1.807) is 0 Å². The summed E-state index contributed by atoms with van der Waals surface area (Å²) in [6.07, 6.45) is 0. The predicted molar refractivity (Wildman–Crippen MR) is 51.1 cm³/mol. The molecular weight excluding hydrogens is 242 g/mol. The number of nitrogens with zero attached hydrogens (tertiary/aromatic N) is 2. The van der Waals surface area contributed by atoms with E-state index in [0.717, 1.165) is 11.7 Å². The van der Waals surface area contributed by atoms with Gasteiger partial charge in [0.15, 0.2) is 10.4 Å². The summed E-state index contributed by atoms with van der Waals surface area (Å²) < 4.78 is 8.34. The number of amides is 1. The molecule has 0 aromatic carbocycles. The topological polar surface area (TPSA) is 54.9 Å². The number of hydrogen-bond acceptors (Lipinski definition) is 4. The van der Waals surface area contributed by atoms with E-state index in [0.29, 0.717) is 10.4 Å². The summed E-state index contributed by atoms with van der Waals surface area (Å²) >= 11 is 4.22. The summed E-state index contributed by atoms with van der Waals surface area (Å²) in [5.41, 5.74) is 0. The molecule has 0 saturated carbocycles. The molecule has 0 spiro atoms. The van der Waals surface area contributed by atoms with Crippen LogP contribution in [0.25, 0.3) is 0 Å². The first kappa shape index (κ1) is 9.60. The first-order valence-electron chi connectivity index (χ1n) is 3.40. The van der Waals surface area contributed by atoms with E-state index >= 15 is 0 Å². The number of nitrogens with one attached hydrogen (secondary N) is 1. The van der Waals surface area contributed by atoms with Crippen molar-refractivity contribution >= 4 is 39.4 Å². The number of carbonyl (C=O) groups is 1. The maximum Gasteiger partial charge on any atom is 0.228 e. The van der Waals surface area contributed by atoms with E-state index in [1.807, 2.05) is 13.8 Å². The van der Waals surface area contributed by atoms with Gasteiger partial charge in [0.05, 0.1) is 11.7 Å². The third-order valence-corrected chi connectivity index (χ3v) is 2.53. The third kappa shape index (κ3) is 2.25. The lowest BCUT2D eigenvalue weighted by Gasteiger charge is -2.03. The highest BCUT2D eigenvalue weighted by atomic mass is 79.9. The Hall–Kier alpha value is -0.490. The minimum absolute atomic E-state index is 0.0430. The fraction of sp³-hybridized carbons (Fsp3) is 0.500. The van der Waals surface area contributed by atoms with Crippen LogP contribution in [-0.2, 0) is 4.79 Å². The minimum Gasteiger partial charge on any atom is -0.307 e. The number of rotatable bonds is 2. The van der Waals surface area contributed by atoms with Gasteiger partial charge in [-0.1, -0.05) is 13.8 Å². The van der Waals surface area contributed by atoms with Crippen molar-refractivity contribution in [2.24, 2.45) is 5.92 Å². The Labute approximate surface area is 82.8 Å². The molecule has 12 heavy (non-hydrogen) atoms. The summed E-state index contributed by atoms with van der Waals surface area (Å²) in [4.78, 5) is 11.2. The zero-order valence-electron chi connectivity index (χ0n) is 6.67. The van der Waals surface area contributed by atoms with Crippen molar-refractivity contribution in [1.29, 1.82) is 0 Å². The average Bonchev–Trinajstić information content (AvgIpc) is 2.36. The molecule has 6 heteroatoms. The summed E-state index contributed by atoms with van der Waals surface area (Å²) in [7, 11) is 0. The van der Waals surface area contributed by atoms with E-state index in [2.05, 4.69) is 30.0 Å². The van der Waals surface area contributed by atoms with Crippen LogP contribution in [0.2, 0.25) is 0 Å². The molecule has 1 aromatic heterocycles. The molecule has 1 heterocycles. The molecule has 0 aliphatic heterocycles. The molecule has 1 rings (SSSR count). The molecule has 1 aromatic rings. The first-order chi connectivity index (χ1) is 5.61. The van der Waals surface area contributed by atoms with Crippen molar-refractivity contribution in [2.75, 3.05) is 5.32 Å². The van der Waals surface area contributed by atoms with Gasteiger partial charge >= 0.3 is 0 Å². The zero-order chi connectivity index (χ0) is 9.14. The van der Waals surface area contributed by atoms with E-state index < -0.39 is 0 Å². The van der Waals surface area contributed by atoms with E-state index in [1.165, 1.54) is 0 Å². The summed E-state index contributed by atoms with van der Waals surface area (Å²) in [5.74, 6) is 0.403. The Bertz CT molecular complexity index is 286. The van der Waals surface area contributed by atoms with Crippen LogP contribution in [0.1, 0.15) is 13.8 Å². The highest BCUT2D eigenvalue weighted by molar-refractivity contribution is 9.10. The van der Waals surface area contributed by atoms with Gasteiger partial charge in [0.2, 0.25) is 5.91 Å². The molecule has 0 unspecified atom stereocenters. The summed E-state index contributed by atoms with van der Waals surface area (Å²) in [6.45, 7) is 3.64. The van der Waals surface area contributed by atoms with Gasteiger partial charge in [-0.2, -0.15) is 8.75 Å². The second-order valence-corrected chi connectivity index (χ2v) is 3.83. The largest absolute Gasteiger partial charge is 0.307 e. The molecule has 0 bridgehead atoms. The molecule has 0 fully saturated rings. The number of aromatic nitrogens is 2. The van der Waals surface area contributed by atoms with Crippen LogP contribution >= 0.6 is 27.7 Å². The van der Waals surface area contributed by atoms with Gasteiger partial charge in [-0.05, 0) is 15.9 Å². The molecule has 1 amide bonds. The fourth-order valence-corrected chi connectivity index (χ4v) is 1.43. The molecular formula is C6H8BrN3OS. The van der Waals surface area contributed by atoms with Crippen LogP contribution in [0.4, 0.5) is 5.82 Å². The van der Waals surface area contributed by atoms with Crippen LogP contribution in [0.15, 0.2) is 4.60 Å². The molecule has 0 aliphatic rings. The first-order valence-corrected chi connectivity index (χ1v) is 4.92. The lowest BCUT2D eigenvalue weighted by atomic mass is 10.2. The SMILES string of the molecule is CC(C)C(=O)Nc1nsnc1Br. The smallest absolute Gasteiger partial charge is 0.228 e. The second-order valence-electron chi connectivity index (χ2n) is 2.55. The van der Waals surface area contributed by atoms with Gasteiger partial charge in [-0.3, -0.25) is 4.79 Å². The van der Waals surface area contributed by atoms with Crippen LogP contribution < -0.4 is 5.32 Å². The van der Waals surface area contributed by atoms with Gasteiger partial charge in [-0.25, -0.2) is 0 Å². The van der Waals surface area contributed by atoms with Crippen LogP contribution in [0, 0.1) is 5.92 Å². The molecule has 0 aliphatic carbocycles. The average molecular weight is 250 g/mol. The third-order valence-electron chi connectivity index (χ3n) is 1.21. The van der Waals surface area contributed by atoms with Crippen molar-refractivity contribution in [2.45, 2.75) is 13.8 Å². The Morgan fingerprint density at radius 3 is 2.67 bits per heavy atom. The molecule has 0 saturated heterocycles. The number of anilines is 1. The van der Waals surface area contributed by atoms with E-state index in [4.69, 9.17) is 0 Å². The van der Waals surface area contributed by atoms with Crippen LogP contribution in [0.5, 0.6) is 0 Å². The minimum atomic E-state index is -0.0524. The predicted octanol–water partition coefficient (Wildman–Crippen LogP) is 1.90. The van der Waals surface area contributed by atoms with Crippen molar-refractivity contribution in [3.8, 4) is 0 Å².